The third-order valence-corrected chi connectivity index (χ3v) is 5.96. The lowest BCUT2D eigenvalue weighted by molar-refractivity contribution is -0.145. The van der Waals surface area contributed by atoms with Crippen molar-refractivity contribution >= 4 is 34.6 Å². The van der Waals surface area contributed by atoms with Crippen molar-refractivity contribution in [3.8, 4) is 5.75 Å². The molecule has 0 aliphatic carbocycles. The molecule has 0 saturated heterocycles. The van der Waals surface area contributed by atoms with Gasteiger partial charge in [0, 0.05) is 40.9 Å². The van der Waals surface area contributed by atoms with E-state index in [2.05, 4.69) is 9.88 Å². The third kappa shape index (κ3) is 6.22. The number of ether oxygens (including phenoxy) is 3. The molecule has 0 atom stereocenters. The summed E-state index contributed by atoms with van der Waals surface area (Å²) in [6, 6.07) is 12.8. The summed E-state index contributed by atoms with van der Waals surface area (Å²) in [6.45, 7) is 11.0. The number of aryl methyl sites for hydroxylation is 1. The number of anilines is 1. The van der Waals surface area contributed by atoms with E-state index in [0.29, 0.717) is 43.2 Å². The average Bonchev–Trinajstić information content (AvgIpc) is 3.20. The monoisotopic (exact) mass is 507 g/mol. The SMILES string of the molecule is CCOC(=O)COc1ccc(NC(=O)c2ccc3c(c2)cc2n3CCN(C(=O)OC(C)(C)C)C2)c(C)c1. The van der Waals surface area contributed by atoms with Crippen LogP contribution in [0.4, 0.5) is 10.5 Å². The number of carbonyl (C=O) groups excluding carboxylic acids is 3. The Morgan fingerprint density at radius 3 is 2.51 bits per heavy atom. The molecular weight excluding hydrogens is 474 g/mol. The van der Waals surface area contributed by atoms with Crippen LogP contribution in [0.2, 0.25) is 0 Å². The molecule has 1 aromatic heterocycles. The highest BCUT2D eigenvalue weighted by molar-refractivity contribution is 6.06. The van der Waals surface area contributed by atoms with Crippen LogP contribution in [0.3, 0.4) is 0 Å². The van der Waals surface area contributed by atoms with Crippen LogP contribution >= 0.6 is 0 Å². The summed E-state index contributed by atoms with van der Waals surface area (Å²) >= 11 is 0. The Morgan fingerprint density at radius 2 is 1.81 bits per heavy atom. The summed E-state index contributed by atoms with van der Waals surface area (Å²) in [4.78, 5) is 38.7. The number of amides is 2. The predicted molar refractivity (Wildman–Crippen MR) is 140 cm³/mol. The lowest BCUT2D eigenvalue weighted by Crippen LogP contribution is -2.41. The van der Waals surface area contributed by atoms with Gasteiger partial charge < -0.3 is 29.0 Å². The Bertz CT molecular complexity index is 1340. The number of hydrogen-bond acceptors (Lipinski definition) is 6. The first-order chi connectivity index (χ1) is 17.5. The van der Waals surface area contributed by atoms with Crippen molar-refractivity contribution in [2.24, 2.45) is 0 Å². The summed E-state index contributed by atoms with van der Waals surface area (Å²) in [7, 11) is 0. The first kappa shape index (κ1) is 26.1. The Morgan fingerprint density at radius 1 is 1.03 bits per heavy atom. The molecule has 1 aliphatic rings. The molecule has 3 aromatic rings. The largest absolute Gasteiger partial charge is 0.482 e. The number of aromatic nitrogens is 1. The van der Waals surface area contributed by atoms with Crippen molar-refractivity contribution in [3.63, 3.8) is 0 Å². The summed E-state index contributed by atoms with van der Waals surface area (Å²) < 4.78 is 18.0. The van der Waals surface area contributed by atoms with Gasteiger partial charge in [-0.1, -0.05) is 0 Å². The zero-order chi connectivity index (χ0) is 26.7. The van der Waals surface area contributed by atoms with Gasteiger partial charge in [-0.25, -0.2) is 9.59 Å². The van der Waals surface area contributed by atoms with Crippen molar-refractivity contribution < 1.29 is 28.6 Å². The lowest BCUT2D eigenvalue weighted by atomic mass is 10.1. The Kier molecular flexibility index (Phi) is 7.42. The smallest absolute Gasteiger partial charge is 0.410 e. The van der Waals surface area contributed by atoms with Crippen molar-refractivity contribution in [2.45, 2.75) is 53.3 Å². The van der Waals surface area contributed by atoms with Gasteiger partial charge in [0.2, 0.25) is 0 Å². The number of fused-ring (bicyclic) bond motifs is 3. The molecule has 0 unspecified atom stereocenters. The second-order valence-electron chi connectivity index (χ2n) is 9.99. The van der Waals surface area contributed by atoms with Crippen LogP contribution in [-0.2, 0) is 27.4 Å². The fourth-order valence-electron chi connectivity index (χ4n) is 4.25. The molecule has 0 fully saturated rings. The first-order valence-corrected chi connectivity index (χ1v) is 12.3. The molecule has 9 heteroatoms. The van der Waals surface area contributed by atoms with E-state index in [1.165, 1.54) is 0 Å². The molecule has 1 N–H and O–H groups in total. The van der Waals surface area contributed by atoms with Gasteiger partial charge in [0.15, 0.2) is 6.61 Å². The van der Waals surface area contributed by atoms with Crippen molar-refractivity contribution in [1.82, 2.24) is 9.47 Å². The molecule has 0 saturated carbocycles. The minimum atomic E-state index is -0.544. The molecule has 0 bridgehead atoms. The molecule has 0 radical (unpaired) electrons. The van der Waals surface area contributed by atoms with Crippen LogP contribution < -0.4 is 10.1 Å². The molecule has 2 heterocycles. The second-order valence-corrected chi connectivity index (χ2v) is 9.99. The zero-order valence-electron chi connectivity index (χ0n) is 21.9. The minimum absolute atomic E-state index is 0.170. The molecule has 1 aliphatic heterocycles. The molecule has 37 heavy (non-hydrogen) atoms. The maximum absolute atomic E-state index is 13.0. The van der Waals surface area contributed by atoms with Crippen LogP contribution in [0, 0.1) is 6.92 Å². The summed E-state index contributed by atoms with van der Waals surface area (Å²) in [5.41, 5.74) is 3.46. The Balaban J connectivity index is 1.44. The van der Waals surface area contributed by atoms with Crippen LogP contribution in [-0.4, -0.2) is 52.8 Å². The van der Waals surface area contributed by atoms with Crippen LogP contribution in [0.15, 0.2) is 42.5 Å². The quantitative estimate of drug-likeness (QED) is 0.477. The Hall–Kier alpha value is -4.01. The average molecular weight is 508 g/mol. The number of carbonyl (C=O) groups is 3. The minimum Gasteiger partial charge on any atom is -0.482 e. The van der Waals surface area contributed by atoms with E-state index in [0.717, 1.165) is 22.2 Å². The van der Waals surface area contributed by atoms with Gasteiger partial charge in [-0.3, -0.25) is 4.79 Å². The van der Waals surface area contributed by atoms with Crippen LogP contribution in [0.25, 0.3) is 10.9 Å². The van der Waals surface area contributed by atoms with E-state index in [1.54, 1.807) is 36.1 Å². The van der Waals surface area contributed by atoms with Crippen LogP contribution in [0.5, 0.6) is 5.75 Å². The van der Waals surface area contributed by atoms with Gasteiger partial charge in [-0.05, 0) is 82.6 Å². The fraction of sp³-hybridized carbons (Fsp3) is 0.393. The highest BCUT2D eigenvalue weighted by Crippen LogP contribution is 2.27. The fourth-order valence-corrected chi connectivity index (χ4v) is 4.25. The number of esters is 1. The van der Waals surface area contributed by atoms with Crippen molar-refractivity contribution in [3.05, 3.63) is 59.3 Å². The third-order valence-electron chi connectivity index (χ3n) is 5.96. The second kappa shape index (κ2) is 10.5. The summed E-state index contributed by atoms with van der Waals surface area (Å²) in [6.07, 6.45) is -0.322. The number of benzene rings is 2. The van der Waals surface area contributed by atoms with Crippen LogP contribution in [0.1, 0.15) is 49.3 Å². The topological polar surface area (TPSA) is 99.1 Å². The number of hydrogen-bond donors (Lipinski definition) is 1. The molecular formula is C28H33N3O6. The molecule has 9 nitrogen and oxygen atoms in total. The van der Waals surface area contributed by atoms with Gasteiger partial charge in [0.25, 0.3) is 5.91 Å². The van der Waals surface area contributed by atoms with E-state index in [9.17, 15) is 14.4 Å². The number of rotatable bonds is 6. The molecule has 0 spiro atoms. The van der Waals surface area contributed by atoms with E-state index in [4.69, 9.17) is 14.2 Å². The van der Waals surface area contributed by atoms with Gasteiger partial charge in [0.1, 0.15) is 11.4 Å². The van der Waals surface area contributed by atoms with E-state index in [-0.39, 0.29) is 18.6 Å². The standard InChI is InChI=1S/C28H33N3O6/c1-6-35-25(32)17-36-22-8-9-23(18(2)13-22)29-26(33)19-7-10-24-20(14-19)15-21-16-30(11-12-31(21)24)27(34)37-28(3,4)5/h7-10,13-15H,6,11-12,16-17H2,1-5H3,(H,29,33). The van der Waals surface area contributed by atoms with Gasteiger partial charge >= 0.3 is 12.1 Å². The van der Waals surface area contributed by atoms with E-state index >= 15 is 0 Å². The highest BCUT2D eigenvalue weighted by atomic mass is 16.6. The van der Waals surface area contributed by atoms with E-state index < -0.39 is 11.6 Å². The maximum atomic E-state index is 13.0. The van der Waals surface area contributed by atoms with E-state index in [1.807, 2.05) is 45.9 Å². The molecule has 4 rings (SSSR count). The molecule has 2 aromatic carbocycles. The molecule has 2 amide bonds. The number of nitrogens with one attached hydrogen (secondary N) is 1. The normalized spacial score (nSPS) is 13.2. The zero-order valence-corrected chi connectivity index (χ0v) is 21.9. The maximum Gasteiger partial charge on any atom is 0.410 e. The highest BCUT2D eigenvalue weighted by Gasteiger charge is 2.27. The number of nitrogens with zero attached hydrogens (tertiary/aromatic N) is 2. The van der Waals surface area contributed by atoms with Gasteiger partial charge in [-0.2, -0.15) is 0 Å². The van der Waals surface area contributed by atoms with Gasteiger partial charge in [-0.15, -0.1) is 0 Å². The first-order valence-electron chi connectivity index (χ1n) is 12.3. The summed E-state index contributed by atoms with van der Waals surface area (Å²) in [5, 5.41) is 3.88. The molecule has 196 valence electrons. The van der Waals surface area contributed by atoms with Crippen molar-refractivity contribution in [1.29, 1.82) is 0 Å². The predicted octanol–water partition coefficient (Wildman–Crippen LogP) is 4.89. The lowest BCUT2D eigenvalue weighted by Gasteiger charge is -2.31. The summed E-state index contributed by atoms with van der Waals surface area (Å²) in [5.74, 6) is -0.146. The Labute approximate surface area is 216 Å². The van der Waals surface area contributed by atoms with Crippen molar-refractivity contribution in [2.75, 3.05) is 25.1 Å². The van der Waals surface area contributed by atoms with Gasteiger partial charge in [0.05, 0.1) is 13.2 Å².